The minimum atomic E-state index is -2.51. The summed E-state index contributed by atoms with van der Waals surface area (Å²) in [7, 11) is 0. The summed E-state index contributed by atoms with van der Waals surface area (Å²) >= 11 is 0. The molecule has 0 bridgehead atoms. The van der Waals surface area contributed by atoms with Crippen molar-refractivity contribution in [3.63, 3.8) is 0 Å². The van der Waals surface area contributed by atoms with Crippen LogP contribution in [0.3, 0.4) is 0 Å². The van der Waals surface area contributed by atoms with E-state index >= 15 is 0 Å². The third kappa shape index (κ3) is 2.83. The Morgan fingerprint density at radius 1 is 1.35 bits per heavy atom. The molecule has 1 aliphatic carbocycles. The first-order chi connectivity index (χ1) is 8.02. The number of aryl methyl sites for hydroxylation is 1. The number of hydrogen-bond acceptors (Lipinski definition) is 1. The normalized spacial score (nSPS) is 24.8. The predicted octanol–water partition coefficient (Wildman–Crippen LogP) is 3.68. The molecular weight excluding hydrogens is 220 g/mol. The lowest BCUT2D eigenvalue weighted by atomic mass is 9.92. The molecule has 1 saturated carbocycles. The lowest BCUT2D eigenvalue weighted by molar-refractivity contribution is 0.00390. The van der Waals surface area contributed by atoms with Crippen molar-refractivity contribution in [1.29, 1.82) is 0 Å². The molecule has 1 aliphatic rings. The third-order valence-electron chi connectivity index (χ3n) is 3.72. The molecular formula is C14H19F2N. The van der Waals surface area contributed by atoms with Gasteiger partial charge in [-0.25, -0.2) is 8.78 Å². The Hall–Kier alpha value is -0.960. The molecule has 2 N–H and O–H groups in total. The third-order valence-corrected chi connectivity index (χ3v) is 3.72. The Morgan fingerprint density at radius 3 is 2.47 bits per heavy atom. The molecule has 0 aromatic heterocycles. The Bertz CT molecular complexity index is 372. The molecule has 17 heavy (non-hydrogen) atoms. The molecule has 0 aliphatic heterocycles. The van der Waals surface area contributed by atoms with Crippen molar-refractivity contribution in [2.24, 2.45) is 11.7 Å². The highest BCUT2D eigenvalue weighted by atomic mass is 19.3. The van der Waals surface area contributed by atoms with Crippen LogP contribution in [0.4, 0.5) is 8.78 Å². The molecule has 2 unspecified atom stereocenters. The van der Waals surface area contributed by atoms with E-state index in [4.69, 9.17) is 5.73 Å². The maximum Gasteiger partial charge on any atom is 0.248 e. The van der Waals surface area contributed by atoms with Gasteiger partial charge in [0.1, 0.15) is 0 Å². The summed E-state index contributed by atoms with van der Waals surface area (Å²) in [5, 5.41) is 0. The molecule has 2 atom stereocenters. The van der Waals surface area contributed by atoms with Gasteiger partial charge in [0.15, 0.2) is 0 Å². The maximum absolute atomic E-state index is 13.1. The van der Waals surface area contributed by atoms with Gasteiger partial charge in [0.2, 0.25) is 5.92 Å². The highest BCUT2D eigenvalue weighted by molar-refractivity contribution is 5.25. The van der Waals surface area contributed by atoms with Crippen molar-refractivity contribution in [3.8, 4) is 0 Å². The molecule has 1 aromatic carbocycles. The highest BCUT2D eigenvalue weighted by Crippen LogP contribution is 2.43. The molecule has 0 spiro atoms. The van der Waals surface area contributed by atoms with Crippen molar-refractivity contribution in [1.82, 2.24) is 0 Å². The maximum atomic E-state index is 13.1. The van der Waals surface area contributed by atoms with Crippen molar-refractivity contribution in [3.05, 3.63) is 35.4 Å². The van der Waals surface area contributed by atoms with Crippen LogP contribution in [0.5, 0.6) is 0 Å². The summed E-state index contributed by atoms with van der Waals surface area (Å²) in [5.41, 5.74) is 8.30. The van der Waals surface area contributed by atoms with E-state index in [0.29, 0.717) is 6.42 Å². The number of rotatable bonds is 3. The number of nitrogens with two attached hydrogens (primary N) is 1. The lowest BCUT2D eigenvalue weighted by Gasteiger charge is -2.19. The van der Waals surface area contributed by atoms with Gasteiger partial charge < -0.3 is 5.73 Å². The van der Waals surface area contributed by atoms with Gasteiger partial charge in [-0.2, -0.15) is 0 Å². The average molecular weight is 239 g/mol. The molecule has 0 amide bonds. The fourth-order valence-corrected chi connectivity index (χ4v) is 2.54. The topological polar surface area (TPSA) is 26.0 Å². The van der Waals surface area contributed by atoms with Crippen molar-refractivity contribution in [2.45, 2.75) is 44.6 Å². The van der Waals surface area contributed by atoms with E-state index in [1.807, 2.05) is 24.3 Å². The van der Waals surface area contributed by atoms with Crippen molar-refractivity contribution < 1.29 is 8.78 Å². The first-order valence-corrected chi connectivity index (χ1v) is 6.24. The largest absolute Gasteiger partial charge is 0.324 e. The van der Waals surface area contributed by atoms with Gasteiger partial charge in [-0.1, -0.05) is 31.2 Å². The molecule has 1 fully saturated rings. The second kappa shape index (κ2) is 4.73. The van der Waals surface area contributed by atoms with Crippen LogP contribution in [0.1, 0.15) is 43.4 Å². The van der Waals surface area contributed by atoms with Gasteiger partial charge in [-0.05, 0) is 29.9 Å². The Morgan fingerprint density at radius 2 is 2.00 bits per heavy atom. The number of alkyl halides is 2. The van der Waals surface area contributed by atoms with Gasteiger partial charge in [0.05, 0.1) is 0 Å². The Labute approximate surface area is 101 Å². The van der Waals surface area contributed by atoms with E-state index in [0.717, 1.165) is 12.0 Å². The lowest BCUT2D eigenvalue weighted by Crippen LogP contribution is -2.21. The van der Waals surface area contributed by atoms with Crippen LogP contribution in [-0.4, -0.2) is 5.92 Å². The van der Waals surface area contributed by atoms with Crippen molar-refractivity contribution in [2.75, 3.05) is 0 Å². The Balaban J connectivity index is 2.06. The quantitative estimate of drug-likeness (QED) is 0.855. The molecule has 1 nitrogen and oxygen atoms in total. The fourth-order valence-electron chi connectivity index (χ4n) is 2.54. The van der Waals surface area contributed by atoms with Gasteiger partial charge in [-0.3, -0.25) is 0 Å². The molecule has 3 heteroatoms. The van der Waals surface area contributed by atoms with E-state index in [1.165, 1.54) is 5.56 Å². The van der Waals surface area contributed by atoms with E-state index in [1.54, 1.807) is 0 Å². The number of halogens is 2. The standard InChI is InChI=1S/C14H19F2N/c1-2-10-3-5-11(6-4-10)13(17)12-7-8-14(15,16)9-12/h3-6,12-13H,2,7-9,17H2,1H3. The van der Waals surface area contributed by atoms with Crippen LogP contribution in [-0.2, 0) is 6.42 Å². The van der Waals surface area contributed by atoms with E-state index in [2.05, 4.69) is 6.92 Å². The van der Waals surface area contributed by atoms with Crippen LogP contribution in [0.15, 0.2) is 24.3 Å². The minimum absolute atomic E-state index is 0.0155. The zero-order valence-corrected chi connectivity index (χ0v) is 10.1. The minimum Gasteiger partial charge on any atom is -0.324 e. The van der Waals surface area contributed by atoms with Crippen LogP contribution >= 0.6 is 0 Å². The average Bonchev–Trinajstić information content (AvgIpc) is 2.69. The monoisotopic (exact) mass is 239 g/mol. The Kier molecular flexibility index (Phi) is 3.48. The van der Waals surface area contributed by atoms with E-state index in [9.17, 15) is 8.78 Å². The molecule has 0 radical (unpaired) electrons. The van der Waals surface area contributed by atoms with Crippen LogP contribution in [0.25, 0.3) is 0 Å². The van der Waals surface area contributed by atoms with Gasteiger partial charge in [-0.15, -0.1) is 0 Å². The first-order valence-electron chi connectivity index (χ1n) is 6.24. The second-order valence-electron chi connectivity index (χ2n) is 4.98. The SMILES string of the molecule is CCc1ccc(C(N)C2CCC(F)(F)C2)cc1. The molecule has 1 aromatic rings. The molecule has 0 saturated heterocycles. The fraction of sp³-hybridized carbons (Fsp3) is 0.571. The summed E-state index contributed by atoms with van der Waals surface area (Å²) in [6.45, 7) is 2.09. The van der Waals surface area contributed by atoms with Gasteiger partial charge in [0.25, 0.3) is 0 Å². The summed E-state index contributed by atoms with van der Waals surface area (Å²) < 4.78 is 26.3. The molecule has 2 rings (SSSR count). The zero-order valence-electron chi connectivity index (χ0n) is 10.1. The van der Waals surface area contributed by atoms with Crippen molar-refractivity contribution >= 4 is 0 Å². The summed E-state index contributed by atoms with van der Waals surface area (Å²) in [4.78, 5) is 0. The summed E-state index contributed by atoms with van der Waals surface area (Å²) in [6, 6.07) is 7.75. The second-order valence-corrected chi connectivity index (χ2v) is 4.98. The van der Waals surface area contributed by atoms with E-state index < -0.39 is 5.92 Å². The number of benzene rings is 1. The molecule has 94 valence electrons. The summed E-state index contributed by atoms with van der Waals surface area (Å²) in [6.07, 6.45) is 1.43. The number of hydrogen-bond donors (Lipinski definition) is 1. The van der Waals surface area contributed by atoms with Crippen LogP contribution < -0.4 is 5.73 Å². The summed E-state index contributed by atoms with van der Waals surface area (Å²) in [5.74, 6) is -2.59. The van der Waals surface area contributed by atoms with E-state index in [-0.39, 0.29) is 24.8 Å². The van der Waals surface area contributed by atoms with Gasteiger partial charge in [0, 0.05) is 18.9 Å². The highest BCUT2D eigenvalue weighted by Gasteiger charge is 2.41. The molecule has 0 heterocycles. The van der Waals surface area contributed by atoms with Gasteiger partial charge >= 0.3 is 0 Å². The zero-order chi connectivity index (χ0) is 12.5. The van der Waals surface area contributed by atoms with Crippen LogP contribution in [0.2, 0.25) is 0 Å². The van der Waals surface area contributed by atoms with Crippen LogP contribution in [0, 0.1) is 5.92 Å². The predicted molar refractivity (Wildman–Crippen MR) is 65.0 cm³/mol. The first kappa shape index (κ1) is 12.5. The smallest absolute Gasteiger partial charge is 0.248 e.